The molecule has 0 aliphatic heterocycles. The highest BCUT2D eigenvalue weighted by molar-refractivity contribution is 5.77. The highest BCUT2D eigenvalue weighted by Crippen LogP contribution is 2.34. The Morgan fingerprint density at radius 1 is 1.73 bits per heavy atom. The fourth-order valence-electron chi connectivity index (χ4n) is 1.42. The number of anilines is 1. The summed E-state index contributed by atoms with van der Waals surface area (Å²) in [7, 11) is 0. The van der Waals surface area contributed by atoms with Gasteiger partial charge in [-0.15, -0.1) is 0 Å². The van der Waals surface area contributed by atoms with Crippen LogP contribution in [0.3, 0.4) is 0 Å². The van der Waals surface area contributed by atoms with Crippen LogP contribution < -0.4 is 11.1 Å². The maximum atomic E-state index is 11.5. The van der Waals surface area contributed by atoms with Gasteiger partial charge in [-0.3, -0.25) is 9.48 Å². The zero-order valence-electron chi connectivity index (χ0n) is 8.31. The van der Waals surface area contributed by atoms with Crippen LogP contribution in [0.25, 0.3) is 0 Å². The predicted octanol–water partition coefficient (Wildman–Crippen LogP) is -0.894. The number of nitrogen functional groups attached to an aromatic ring is 1. The normalized spacial score (nSPS) is 17.4. The van der Waals surface area contributed by atoms with Gasteiger partial charge in [0, 0.05) is 6.20 Å². The average molecular weight is 210 g/mol. The van der Waals surface area contributed by atoms with Crippen LogP contribution in [0, 0.1) is 0 Å². The van der Waals surface area contributed by atoms with E-state index in [1.807, 2.05) is 0 Å². The van der Waals surface area contributed by atoms with Crippen molar-refractivity contribution >= 4 is 11.7 Å². The van der Waals surface area contributed by atoms with E-state index >= 15 is 0 Å². The molecule has 0 saturated heterocycles. The van der Waals surface area contributed by atoms with Gasteiger partial charge in [0.2, 0.25) is 5.91 Å². The molecule has 0 atom stereocenters. The molecule has 0 bridgehead atoms. The molecule has 15 heavy (non-hydrogen) atoms. The second kappa shape index (κ2) is 3.54. The quantitative estimate of drug-likeness (QED) is 0.600. The van der Waals surface area contributed by atoms with E-state index in [9.17, 15) is 4.79 Å². The molecule has 1 aromatic heterocycles. The molecule has 1 fully saturated rings. The van der Waals surface area contributed by atoms with Crippen molar-refractivity contribution in [2.75, 3.05) is 12.3 Å². The van der Waals surface area contributed by atoms with Crippen molar-refractivity contribution in [1.29, 1.82) is 0 Å². The Morgan fingerprint density at radius 2 is 2.47 bits per heavy atom. The maximum absolute atomic E-state index is 11.5. The Morgan fingerprint density at radius 3 is 2.93 bits per heavy atom. The monoisotopic (exact) mass is 210 g/mol. The van der Waals surface area contributed by atoms with Gasteiger partial charge >= 0.3 is 0 Å². The predicted molar refractivity (Wildman–Crippen MR) is 53.8 cm³/mol. The molecule has 0 spiro atoms. The Labute approximate surface area is 87.1 Å². The third-order valence-electron chi connectivity index (χ3n) is 2.53. The molecule has 0 radical (unpaired) electrons. The number of carbonyl (C=O) groups is 1. The molecule has 1 aromatic rings. The number of aliphatic hydroxyl groups is 1. The first kappa shape index (κ1) is 9.97. The Balaban J connectivity index is 1.87. The lowest BCUT2D eigenvalue weighted by molar-refractivity contribution is -0.123. The van der Waals surface area contributed by atoms with E-state index < -0.39 is 0 Å². The van der Waals surface area contributed by atoms with Crippen LogP contribution in [0.5, 0.6) is 0 Å². The van der Waals surface area contributed by atoms with Gasteiger partial charge in [-0.05, 0) is 18.9 Å². The average Bonchev–Trinajstić information content (AvgIpc) is 2.84. The van der Waals surface area contributed by atoms with E-state index in [1.165, 1.54) is 4.68 Å². The fraction of sp³-hybridized carbons (Fsp3) is 0.556. The number of amides is 1. The van der Waals surface area contributed by atoms with E-state index in [-0.39, 0.29) is 24.6 Å². The van der Waals surface area contributed by atoms with E-state index in [0.29, 0.717) is 5.82 Å². The maximum Gasteiger partial charge on any atom is 0.242 e. The fourth-order valence-corrected chi connectivity index (χ4v) is 1.42. The van der Waals surface area contributed by atoms with Gasteiger partial charge in [-0.25, -0.2) is 0 Å². The van der Waals surface area contributed by atoms with Crippen LogP contribution in [0.15, 0.2) is 12.3 Å². The molecular formula is C9H14N4O2. The smallest absolute Gasteiger partial charge is 0.242 e. The molecule has 1 saturated carbocycles. The number of hydrogen-bond acceptors (Lipinski definition) is 4. The van der Waals surface area contributed by atoms with E-state index in [1.54, 1.807) is 12.3 Å². The summed E-state index contributed by atoms with van der Waals surface area (Å²) in [5.41, 5.74) is 5.05. The van der Waals surface area contributed by atoms with Crippen LogP contribution in [0.2, 0.25) is 0 Å². The lowest BCUT2D eigenvalue weighted by atomic mass is 10.3. The SMILES string of the molecule is Nc1ccn(CC(=O)NC2(CO)CC2)n1. The Bertz CT molecular complexity index is 370. The molecule has 0 aromatic carbocycles. The van der Waals surface area contributed by atoms with Gasteiger partial charge in [-0.2, -0.15) is 5.10 Å². The first-order chi connectivity index (χ1) is 7.13. The summed E-state index contributed by atoms with van der Waals surface area (Å²) in [5.74, 6) is 0.246. The number of rotatable bonds is 4. The first-order valence-electron chi connectivity index (χ1n) is 4.84. The van der Waals surface area contributed by atoms with Gasteiger partial charge in [0.05, 0.1) is 12.1 Å². The minimum atomic E-state index is -0.365. The molecule has 6 nitrogen and oxygen atoms in total. The minimum Gasteiger partial charge on any atom is -0.394 e. The molecular weight excluding hydrogens is 196 g/mol. The Kier molecular flexibility index (Phi) is 2.36. The van der Waals surface area contributed by atoms with Gasteiger partial charge in [0.15, 0.2) is 0 Å². The van der Waals surface area contributed by atoms with Crippen molar-refractivity contribution < 1.29 is 9.90 Å². The number of carbonyl (C=O) groups excluding carboxylic acids is 1. The number of nitrogens with zero attached hydrogens (tertiary/aromatic N) is 2. The van der Waals surface area contributed by atoms with Gasteiger partial charge in [0.1, 0.15) is 12.4 Å². The highest BCUT2D eigenvalue weighted by Gasteiger charge is 2.43. The van der Waals surface area contributed by atoms with Crippen molar-refractivity contribution in [2.24, 2.45) is 0 Å². The number of aromatic nitrogens is 2. The number of nitrogens with one attached hydrogen (secondary N) is 1. The minimum absolute atomic E-state index is 0.0000139. The van der Waals surface area contributed by atoms with E-state index in [2.05, 4.69) is 10.4 Å². The highest BCUT2D eigenvalue weighted by atomic mass is 16.3. The third kappa shape index (κ3) is 2.27. The molecule has 2 rings (SSSR count). The lowest BCUT2D eigenvalue weighted by Crippen LogP contribution is -2.41. The van der Waals surface area contributed by atoms with Crippen LogP contribution in [0.4, 0.5) is 5.82 Å². The van der Waals surface area contributed by atoms with Crippen LogP contribution in [-0.2, 0) is 11.3 Å². The summed E-state index contributed by atoms with van der Waals surface area (Å²) < 4.78 is 1.47. The zero-order chi connectivity index (χ0) is 10.9. The largest absolute Gasteiger partial charge is 0.394 e. The van der Waals surface area contributed by atoms with Crippen LogP contribution in [-0.4, -0.2) is 32.9 Å². The molecule has 1 aliphatic carbocycles. The molecule has 1 aliphatic rings. The van der Waals surface area contributed by atoms with E-state index in [0.717, 1.165) is 12.8 Å². The molecule has 1 heterocycles. The summed E-state index contributed by atoms with van der Waals surface area (Å²) in [6.45, 7) is 0.138. The second-order valence-electron chi connectivity index (χ2n) is 3.92. The van der Waals surface area contributed by atoms with Gasteiger partial charge < -0.3 is 16.2 Å². The zero-order valence-corrected chi connectivity index (χ0v) is 8.31. The number of nitrogens with two attached hydrogens (primary N) is 1. The second-order valence-corrected chi connectivity index (χ2v) is 3.92. The number of hydrogen-bond donors (Lipinski definition) is 3. The van der Waals surface area contributed by atoms with Crippen LogP contribution >= 0.6 is 0 Å². The molecule has 4 N–H and O–H groups in total. The summed E-state index contributed by atoms with van der Waals surface area (Å²) in [6.07, 6.45) is 3.33. The van der Waals surface area contributed by atoms with Crippen LogP contribution in [0.1, 0.15) is 12.8 Å². The molecule has 6 heteroatoms. The lowest BCUT2D eigenvalue weighted by Gasteiger charge is -2.13. The first-order valence-corrected chi connectivity index (χ1v) is 4.84. The van der Waals surface area contributed by atoms with Crippen molar-refractivity contribution in [2.45, 2.75) is 24.9 Å². The molecule has 0 unspecified atom stereocenters. The third-order valence-corrected chi connectivity index (χ3v) is 2.53. The van der Waals surface area contributed by atoms with Crippen molar-refractivity contribution in [3.63, 3.8) is 0 Å². The van der Waals surface area contributed by atoms with Crippen molar-refractivity contribution in [3.8, 4) is 0 Å². The molecule has 82 valence electrons. The summed E-state index contributed by atoms with van der Waals surface area (Å²) >= 11 is 0. The Hall–Kier alpha value is -1.56. The number of aliphatic hydroxyl groups excluding tert-OH is 1. The van der Waals surface area contributed by atoms with E-state index in [4.69, 9.17) is 10.8 Å². The van der Waals surface area contributed by atoms with Gasteiger partial charge in [0.25, 0.3) is 0 Å². The molecule has 1 amide bonds. The summed E-state index contributed by atoms with van der Waals surface area (Å²) in [6, 6.07) is 1.63. The standard InChI is InChI=1S/C9H14N4O2/c10-7-1-4-13(12-7)5-8(15)11-9(6-14)2-3-9/h1,4,14H,2-3,5-6H2,(H2,10,12)(H,11,15). The summed E-state index contributed by atoms with van der Waals surface area (Å²) in [4.78, 5) is 11.5. The van der Waals surface area contributed by atoms with Crippen molar-refractivity contribution in [3.05, 3.63) is 12.3 Å². The van der Waals surface area contributed by atoms with Gasteiger partial charge in [-0.1, -0.05) is 0 Å². The summed E-state index contributed by atoms with van der Waals surface area (Å²) in [5, 5.41) is 15.7. The topological polar surface area (TPSA) is 93.2 Å². The van der Waals surface area contributed by atoms with Crippen molar-refractivity contribution in [1.82, 2.24) is 15.1 Å².